The van der Waals surface area contributed by atoms with Gasteiger partial charge >= 0.3 is 0 Å². The van der Waals surface area contributed by atoms with Gasteiger partial charge in [0.05, 0.1) is 8.80 Å². The van der Waals surface area contributed by atoms with Crippen molar-refractivity contribution in [3.63, 3.8) is 0 Å². The lowest BCUT2D eigenvalue weighted by Gasteiger charge is -2.65. The molecule has 0 nitrogen and oxygen atoms in total. The van der Waals surface area contributed by atoms with E-state index in [1.165, 1.54) is 0 Å². The Labute approximate surface area is 179 Å². The Hall–Kier alpha value is 1.08. The van der Waals surface area contributed by atoms with Crippen LogP contribution in [0.15, 0.2) is 0 Å². The molecule has 1 fully saturated rings. The maximum Gasteiger partial charge on any atom is 0.0561 e. The highest BCUT2D eigenvalue weighted by Gasteiger charge is 2.75. The average Bonchev–Trinajstić information content (AvgIpc) is 2.74. The molecule has 0 aromatic heterocycles. The van der Waals surface area contributed by atoms with E-state index in [1.807, 2.05) is 0 Å². The van der Waals surface area contributed by atoms with Crippen molar-refractivity contribution in [1.29, 1.82) is 0 Å². The lowest BCUT2D eigenvalue weighted by Crippen LogP contribution is -2.71. The van der Waals surface area contributed by atoms with Gasteiger partial charge in [-0.1, -0.05) is 119 Å². The first-order chi connectivity index (χ1) is 11.5. The highest BCUT2D eigenvalue weighted by molar-refractivity contribution is 7.21. The fourth-order valence-electron chi connectivity index (χ4n) is 7.63. The van der Waals surface area contributed by atoms with Gasteiger partial charge in [0.1, 0.15) is 0 Å². The van der Waals surface area contributed by atoms with Crippen LogP contribution in [-0.2, 0) is 0 Å². The lowest BCUT2D eigenvalue weighted by atomic mass is 9.99. The Balaban J connectivity index is 4.14. The summed E-state index contributed by atoms with van der Waals surface area (Å²) in [6.07, 6.45) is 3.16. The van der Waals surface area contributed by atoms with Crippen molar-refractivity contribution in [1.82, 2.24) is 0 Å². The molecule has 5 heteroatoms. The zero-order valence-corrected chi connectivity index (χ0v) is 27.0. The van der Waals surface area contributed by atoms with Crippen molar-refractivity contribution >= 4 is 41.1 Å². The van der Waals surface area contributed by atoms with Crippen LogP contribution in [0.5, 0.6) is 0 Å². The van der Waals surface area contributed by atoms with Crippen LogP contribution in [0.4, 0.5) is 0 Å². The van der Waals surface area contributed by atoms with Crippen molar-refractivity contribution in [2.45, 2.75) is 133 Å². The first-order valence-corrected chi connectivity index (χ1v) is 26.9. The topological polar surface area (TPSA) is 0 Å². The van der Waals surface area contributed by atoms with Gasteiger partial charge in [-0.25, -0.2) is 0 Å². The van der Waals surface area contributed by atoms with E-state index in [-0.39, 0.29) is 0 Å². The average molecular weight is 458 g/mol. The zero-order chi connectivity index (χ0) is 22.1. The normalized spacial score (nSPS) is 22.6. The molecule has 0 aliphatic carbocycles. The van der Waals surface area contributed by atoms with Gasteiger partial charge in [-0.2, -0.15) is 0 Å². The molecule has 0 N–H and O–H groups in total. The Morgan fingerprint density at radius 2 is 0.815 bits per heavy atom. The predicted molar refractivity (Wildman–Crippen MR) is 143 cm³/mol. The molecule has 1 aliphatic rings. The van der Waals surface area contributed by atoms with Gasteiger partial charge in [-0.3, -0.25) is 0 Å². The van der Waals surface area contributed by atoms with Gasteiger partial charge in [0.25, 0.3) is 0 Å². The molecule has 0 spiro atoms. The Morgan fingerprint density at radius 1 is 0.593 bits per heavy atom. The molecule has 0 amide bonds. The maximum absolute atomic E-state index is 2.76. The Bertz CT molecular complexity index is 467. The largest absolute Gasteiger partial charge is 0.0696 e. The first kappa shape index (κ1) is 26.1. The smallest absolute Gasteiger partial charge is 0.0561 e. The fourth-order valence-corrected chi connectivity index (χ4v) is 53.3. The lowest BCUT2D eigenvalue weighted by molar-refractivity contribution is 0.458. The van der Waals surface area contributed by atoms with Crippen LogP contribution in [0.1, 0.15) is 40.5 Å². The summed E-state index contributed by atoms with van der Waals surface area (Å²) in [5, 5.41) is 0.516. The molecule has 0 atom stereocenters. The molecule has 1 heterocycles. The minimum Gasteiger partial charge on any atom is -0.0696 e. The van der Waals surface area contributed by atoms with E-state index in [1.54, 1.807) is 12.8 Å². The summed E-state index contributed by atoms with van der Waals surface area (Å²) in [7, 11) is -5.86. The van der Waals surface area contributed by atoms with E-state index < -0.39 is 41.1 Å². The molecular weight excluding hydrogens is 405 g/mol. The van der Waals surface area contributed by atoms with Crippen molar-refractivity contribution in [3.8, 4) is 0 Å². The van der Waals surface area contributed by atoms with Gasteiger partial charge in [-0.05, 0) is 19.5 Å². The maximum atomic E-state index is 2.76. The molecule has 0 saturated carbocycles. The third-order valence-corrected chi connectivity index (χ3v) is 45.3. The summed E-state index contributed by atoms with van der Waals surface area (Å²) in [6, 6.07) is 0. The number of hydrogen-bond donors (Lipinski definition) is 0. The van der Waals surface area contributed by atoms with Gasteiger partial charge in [0, 0.05) is 32.3 Å². The van der Waals surface area contributed by atoms with E-state index in [4.69, 9.17) is 0 Å². The Kier molecular flexibility index (Phi) is 6.83. The summed E-state index contributed by atoms with van der Waals surface area (Å²) >= 11 is 0. The van der Waals surface area contributed by atoms with Crippen LogP contribution >= 0.6 is 0 Å². The van der Waals surface area contributed by atoms with Crippen LogP contribution in [0, 0.1) is 5.92 Å². The number of hydrogen-bond acceptors (Lipinski definition) is 0. The fraction of sp³-hybridized carbons (Fsp3) is 1.00. The molecule has 0 aromatic carbocycles. The predicted octanol–water partition coefficient (Wildman–Crippen LogP) is 8.70. The van der Waals surface area contributed by atoms with Crippen LogP contribution < -0.4 is 0 Å². The van der Waals surface area contributed by atoms with E-state index >= 15 is 0 Å². The zero-order valence-electron chi connectivity index (χ0n) is 22.0. The molecule has 0 bridgehead atoms. The van der Waals surface area contributed by atoms with Crippen molar-refractivity contribution in [3.05, 3.63) is 0 Å². The summed E-state index contributed by atoms with van der Waals surface area (Å²) in [5.41, 5.74) is 0. The van der Waals surface area contributed by atoms with Crippen LogP contribution in [0.25, 0.3) is 0 Å². The molecule has 0 unspecified atom stereocenters. The minimum absolute atomic E-state index is 0.516. The van der Waals surface area contributed by atoms with E-state index in [9.17, 15) is 0 Å². The second-order valence-corrected chi connectivity index (χ2v) is 42.7. The number of rotatable bonds is 6. The van der Waals surface area contributed by atoms with Crippen molar-refractivity contribution in [2.75, 3.05) is 0 Å². The summed E-state index contributed by atoms with van der Waals surface area (Å²) in [6.45, 7) is 43.7. The summed E-state index contributed by atoms with van der Waals surface area (Å²) in [4.78, 5) is 0. The third kappa shape index (κ3) is 3.68. The van der Waals surface area contributed by atoms with E-state index in [0.29, 0.717) is 5.04 Å². The van der Waals surface area contributed by atoms with Crippen molar-refractivity contribution < 1.29 is 0 Å². The van der Waals surface area contributed by atoms with Crippen molar-refractivity contribution in [2.24, 2.45) is 5.92 Å². The second-order valence-electron chi connectivity index (χ2n) is 14.6. The highest BCUT2D eigenvalue weighted by Crippen LogP contribution is 2.75. The molecule has 1 radical (unpaired) electrons. The highest BCUT2D eigenvalue weighted by atomic mass is 28.5. The van der Waals surface area contributed by atoms with Gasteiger partial charge in [-0.15, -0.1) is 0 Å². The minimum atomic E-state index is -1.32. The quantitative estimate of drug-likeness (QED) is 0.350. The van der Waals surface area contributed by atoms with E-state index in [0.717, 1.165) is 14.5 Å². The van der Waals surface area contributed by atoms with Crippen LogP contribution in [0.3, 0.4) is 0 Å². The Morgan fingerprint density at radius 3 is 0.963 bits per heavy atom. The first-order valence-electron chi connectivity index (χ1n) is 11.4. The third-order valence-electron chi connectivity index (χ3n) is 8.94. The van der Waals surface area contributed by atoms with Crippen LogP contribution in [-0.4, -0.2) is 41.1 Å². The standard InChI is InChI=1S/C22H53Si5/c1-19(2)20(3,4)23-21(24(5,6)7,25(8,9)10)17-18-22(23,26(11,12)13)27(14,15)16/h19H,17-18H2,1-16H3. The summed E-state index contributed by atoms with van der Waals surface area (Å²) < 4.78 is 1.50. The summed E-state index contributed by atoms with van der Waals surface area (Å²) in [5.74, 6) is 0.795. The van der Waals surface area contributed by atoms with Gasteiger partial charge in [0.15, 0.2) is 0 Å². The monoisotopic (exact) mass is 457 g/mol. The molecule has 161 valence electrons. The van der Waals surface area contributed by atoms with Gasteiger partial charge in [0.2, 0.25) is 0 Å². The molecule has 0 aromatic rings. The molecular formula is C22H53Si5. The van der Waals surface area contributed by atoms with Crippen LogP contribution in [0.2, 0.25) is 92.2 Å². The molecule has 27 heavy (non-hydrogen) atoms. The molecule has 1 saturated heterocycles. The van der Waals surface area contributed by atoms with E-state index in [2.05, 4.69) is 106 Å². The SMILES string of the molecule is CC(C)C(C)(C)[Si]1C([Si](C)(C)C)([Si](C)(C)C)CCC1([Si](C)(C)C)[Si](C)(C)C. The molecule has 1 rings (SSSR count). The van der Waals surface area contributed by atoms with Gasteiger partial charge < -0.3 is 0 Å². The second kappa shape index (κ2) is 7.06. The molecule has 1 aliphatic heterocycles.